The van der Waals surface area contributed by atoms with E-state index in [1.54, 1.807) is 0 Å². The predicted molar refractivity (Wildman–Crippen MR) is 66.4 cm³/mol. The third kappa shape index (κ3) is 1.61. The standard InChI is InChI=1S/C15H12N/c1-2-5-12(6-3-1)11-13-7-4-8-15-14(13)9-10-16-15/h1-8,10,16H,11H2. The summed E-state index contributed by atoms with van der Waals surface area (Å²) in [4.78, 5) is 3.19. The molecule has 0 unspecified atom stereocenters. The van der Waals surface area contributed by atoms with Crippen LogP contribution < -0.4 is 0 Å². The lowest BCUT2D eigenvalue weighted by Gasteiger charge is -2.03. The summed E-state index contributed by atoms with van der Waals surface area (Å²) < 4.78 is 0. The molecule has 1 nitrogen and oxygen atoms in total. The van der Waals surface area contributed by atoms with Crippen molar-refractivity contribution in [3.8, 4) is 0 Å². The predicted octanol–water partition coefficient (Wildman–Crippen LogP) is 3.56. The van der Waals surface area contributed by atoms with E-state index in [0.717, 1.165) is 11.9 Å². The molecule has 0 aliphatic heterocycles. The maximum absolute atomic E-state index is 3.25. The highest BCUT2D eigenvalue weighted by Gasteiger charge is 2.02. The highest BCUT2D eigenvalue weighted by Crippen LogP contribution is 2.19. The van der Waals surface area contributed by atoms with Crippen molar-refractivity contribution in [2.45, 2.75) is 6.42 Å². The second kappa shape index (κ2) is 3.86. The topological polar surface area (TPSA) is 15.8 Å². The molecule has 2 aromatic carbocycles. The van der Waals surface area contributed by atoms with Crippen LogP contribution in [-0.4, -0.2) is 4.98 Å². The van der Waals surface area contributed by atoms with Crippen LogP contribution in [0.3, 0.4) is 0 Å². The summed E-state index contributed by atoms with van der Waals surface area (Å²) in [6, 6.07) is 20.1. The van der Waals surface area contributed by atoms with Gasteiger partial charge in [0.05, 0.1) is 0 Å². The molecular formula is C15H12N. The Labute approximate surface area is 94.7 Å². The van der Waals surface area contributed by atoms with Crippen LogP contribution >= 0.6 is 0 Å². The van der Waals surface area contributed by atoms with Crippen molar-refractivity contribution in [1.82, 2.24) is 4.98 Å². The lowest BCUT2D eigenvalue weighted by Crippen LogP contribution is -1.88. The van der Waals surface area contributed by atoms with Crippen LogP contribution in [0.2, 0.25) is 0 Å². The second-order valence-electron chi connectivity index (χ2n) is 3.94. The molecule has 77 valence electrons. The van der Waals surface area contributed by atoms with E-state index in [4.69, 9.17) is 0 Å². The van der Waals surface area contributed by atoms with Gasteiger partial charge in [-0.1, -0.05) is 42.5 Å². The number of hydrogen-bond donors (Lipinski definition) is 1. The van der Waals surface area contributed by atoms with E-state index < -0.39 is 0 Å². The fourth-order valence-electron chi connectivity index (χ4n) is 2.04. The molecule has 0 saturated heterocycles. The molecule has 1 heteroatoms. The van der Waals surface area contributed by atoms with Gasteiger partial charge in [0.25, 0.3) is 0 Å². The van der Waals surface area contributed by atoms with Crippen molar-refractivity contribution >= 4 is 10.9 Å². The fraction of sp³-hybridized carbons (Fsp3) is 0.0667. The van der Waals surface area contributed by atoms with E-state index >= 15 is 0 Å². The van der Waals surface area contributed by atoms with Crippen LogP contribution in [0.5, 0.6) is 0 Å². The summed E-state index contributed by atoms with van der Waals surface area (Å²) in [7, 11) is 0. The average molecular weight is 206 g/mol. The zero-order chi connectivity index (χ0) is 10.8. The zero-order valence-electron chi connectivity index (χ0n) is 8.90. The number of fused-ring (bicyclic) bond motifs is 1. The average Bonchev–Trinajstić information content (AvgIpc) is 2.80. The van der Waals surface area contributed by atoms with Crippen molar-refractivity contribution in [2.24, 2.45) is 0 Å². The van der Waals surface area contributed by atoms with Gasteiger partial charge in [-0.15, -0.1) is 0 Å². The van der Waals surface area contributed by atoms with Crippen molar-refractivity contribution in [2.75, 3.05) is 0 Å². The number of nitrogens with one attached hydrogen (secondary N) is 1. The molecule has 16 heavy (non-hydrogen) atoms. The number of rotatable bonds is 2. The summed E-state index contributed by atoms with van der Waals surface area (Å²) in [5.74, 6) is 0. The molecule has 0 atom stereocenters. The van der Waals surface area contributed by atoms with E-state index in [-0.39, 0.29) is 0 Å². The van der Waals surface area contributed by atoms with Gasteiger partial charge in [0.1, 0.15) is 0 Å². The quantitative estimate of drug-likeness (QED) is 0.660. The number of H-pyrrole nitrogens is 1. The summed E-state index contributed by atoms with van der Waals surface area (Å²) >= 11 is 0. The zero-order valence-corrected chi connectivity index (χ0v) is 8.90. The minimum absolute atomic E-state index is 0.965. The van der Waals surface area contributed by atoms with Crippen molar-refractivity contribution in [3.63, 3.8) is 0 Å². The van der Waals surface area contributed by atoms with E-state index in [1.807, 2.05) is 12.3 Å². The maximum atomic E-state index is 3.25. The Hall–Kier alpha value is -2.02. The van der Waals surface area contributed by atoms with Gasteiger partial charge in [-0.3, -0.25) is 0 Å². The number of aromatic amines is 1. The van der Waals surface area contributed by atoms with E-state index in [0.29, 0.717) is 0 Å². The molecule has 0 saturated carbocycles. The summed E-state index contributed by atoms with van der Waals surface area (Å²) in [6.45, 7) is 0. The highest BCUT2D eigenvalue weighted by molar-refractivity contribution is 5.82. The van der Waals surface area contributed by atoms with Gasteiger partial charge in [-0.25, -0.2) is 0 Å². The van der Waals surface area contributed by atoms with Crippen LogP contribution in [0, 0.1) is 6.07 Å². The fourth-order valence-corrected chi connectivity index (χ4v) is 2.04. The Kier molecular flexibility index (Phi) is 2.22. The first-order valence-electron chi connectivity index (χ1n) is 5.44. The third-order valence-electron chi connectivity index (χ3n) is 2.83. The number of hydrogen-bond acceptors (Lipinski definition) is 0. The summed E-state index contributed by atoms with van der Waals surface area (Å²) in [5.41, 5.74) is 3.82. The Bertz CT molecular complexity index is 593. The van der Waals surface area contributed by atoms with Gasteiger partial charge in [0, 0.05) is 23.2 Å². The first-order valence-corrected chi connectivity index (χ1v) is 5.44. The second-order valence-corrected chi connectivity index (χ2v) is 3.94. The van der Waals surface area contributed by atoms with Gasteiger partial charge >= 0.3 is 0 Å². The Morgan fingerprint density at radius 3 is 2.69 bits per heavy atom. The maximum Gasteiger partial charge on any atom is 0.0463 e. The van der Waals surface area contributed by atoms with Crippen LogP contribution in [-0.2, 0) is 6.42 Å². The number of benzene rings is 2. The lowest BCUT2D eigenvalue weighted by atomic mass is 10.0. The van der Waals surface area contributed by atoms with Crippen LogP contribution in [0.1, 0.15) is 11.1 Å². The molecule has 0 aliphatic rings. The normalized spacial score (nSPS) is 10.8. The summed E-state index contributed by atoms with van der Waals surface area (Å²) in [5, 5.41) is 1.20. The first kappa shape index (κ1) is 9.22. The third-order valence-corrected chi connectivity index (χ3v) is 2.83. The van der Waals surface area contributed by atoms with Crippen LogP contribution in [0.4, 0.5) is 0 Å². The van der Waals surface area contributed by atoms with E-state index in [9.17, 15) is 0 Å². The van der Waals surface area contributed by atoms with Gasteiger partial charge < -0.3 is 4.98 Å². The van der Waals surface area contributed by atoms with Crippen molar-refractivity contribution < 1.29 is 0 Å². The smallest absolute Gasteiger partial charge is 0.0463 e. The van der Waals surface area contributed by atoms with Crippen molar-refractivity contribution in [1.29, 1.82) is 0 Å². The molecule has 3 rings (SSSR count). The van der Waals surface area contributed by atoms with Gasteiger partial charge in [0.15, 0.2) is 0 Å². The molecule has 1 N–H and O–H groups in total. The largest absolute Gasteiger partial charge is 0.361 e. The first-order chi connectivity index (χ1) is 7.93. The van der Waals surface area contributed by atoms with Crippen LogP contribution in [0.15, 0.2) is 54.7 Å². The van der Waals surface area contributed by atoms with Crippen molar-refractivity contribution in [3.05, 3.63) is 71.9 Å². The Morgan fingerprint density at radius 1 is 0.938 bits per heavy atom. The van der Waals surface area contributed by atoms with Gasteiger partial charge in [-0.05, 0) is 23.6 Å². The molecule has 0 spiro atoms. The Morgan fingerprint density at radius 2 is 1.81 bits per heavy atom. The highest BCUT2D eigenvalue weighted by atomic mass is 14.7. The molecule has 0 bridgehead atoms. The Balaban J connectivity index is 2.04. The van der Waals surface area contributed by atoms with E-state index in [1.165, 1.54) is 16.5 Å². The van der Waals surface area contributed by atoms with Gasteiger partial charge in [0.2, 0.25) is 0 Å². The molecule has 0 aliphatic carbocycles. The molecule has 1 heterocycles. The molecule has 0 amide bonds. The SMILES string of the molecule is [c]1c[nH]c2cccc(Cc3ccccc3)c12. The van der Waals surface area contributed by atoms with E-state index in [2.05, 4.69) is 53.5 Å². The lowest BCUT2D eigenvalue weighted by molar-refractivity contribution is 1.21. The molecular weight excluding hydrogens is 194 g/mol. The molecule has 1 aromatic heterocycles. The minimum Gasteiger partial charge on any atom is -0.361 e. The monoisotopic (exact) mass is 206 g/mol. The van der Waals surface area contributed by atoms with Gasteiger partial charge in [-0.2, -0.15) is 0 Å². The number of aromatic nitrogens is 1. The molecule has 0 fully saturated rings. The minimum atomic E-state index is 0.965. The molecule has 1 radical (unpaired) electrons. The molecule has 3 aromatic rings. The van der Waals surface area contributed by atoms with Crippen LogP contribution in [0.25, 0.3) is 10.9 Å². The summed E-state index contributed by atoms with van der Waals surface area (Å²) in [6.07, 6.45) is 2.84.